The van der Waals surface area contributed by atoms with Crippen LogP contribution in [0.3, 0.4) is 0 Å². The van der Waals surface area contributed by atoms with E-state index in [1.165, 1.54) is 11.3 Å². The lowest BCUT2D eigenvalue weighted by Crippen LogP contribution is -2.27. The summed E-state index contributed by atoms with van der Waals surface area (Å²) < 4.78 is 27.4. The second-order valence-corrected chi connectivity index (χ2v) is 8.24. The van der Waals surface area contributed by atoms with Crippen molar-refractivity contribution in [2.24, 2.45) is 5.73 Å². The molecule has 1 aromatic heterocycles. The van der Waals surface area contributed by atoms with Gasteiger partial charge in [-0.1, -0.05) is 35.9 Å². The maximum Gasteiger partial charge on any atom is 0.215 e. The number of nitrogens with two attached hydrogens (primary N) is 1. The topological polar surface area (TPSA) is 72.2 Å². The zero-order valence-electron chi connectivity index (χ0n) is 11.4. The molecule has 1 heterocycles. The lowest BCUT2D eigenvalue weighted by Gasteiger charge is -2.07. The molecule has 0 aliphatic heterocycles. The van der Waals surface area contributed by atoms with Crippen molar-refractivity contribution in [1.29, 1.82) is 0 Å². The van der Waals surface area contributed by atoms with Gasteiger partial charge in [0.05, 0.1) is 10.1 Å². The van der Waals surface area contributed by atoms with Crippen LogP contribution in [0.15, 0.2) is 36.4 Å². The van der Waals surface area contributed by atoms with Crippen LogP contribution in [0, 0.1) is 0 Å². The first-order valence-corrected chi connectivity index (χ1v) is 9.32. The lowest BCUT2D eigenvalue weighted by molar-refractivity contribution is 0.581. The summed E-state index contributed by atoms with van der Waals surface area (Å²) in [6.07, 6.45) is 0.638. The second-order valence-electron chi connectivity index (χ2n) is 4.63. The third-order valence-electron chi connectivity index (χ3n) is 2.91. The Labute approximate surface area is 134 Å². The predicted octanol–water partition coefficient (Wildman–Crippen LogP) is 2.52. The highest BCUT2D eigenvalue weighted by atomic mass is 35.5. The average molecular weight is 345 g/mol. The number of rotatable bonds is 7. The molecule has 0 bridgehead atoms. The predicted molar refractivity (Wildman–Crippen MR) is 88.0 cm³/mol. The largest absolute Gasteiger partial charge is 0.326 e. The number of benzene rings is 1. The van der Waals surface area contributed by atoms with Crippen molar-refractivity contribution in [2.75, 3.05) is 6.54 Å². The van der Waals surface area contributed by atoms with Crippen LogP contribution in [0.5, 0.6) is 0 Å². The fourth-order valence-corrected chi connectivity index (χ4v) is 4.15. The Balaban J connectivity index is 1.89. The molecule has 0 spiro atoms. The van der Waals surface area contributed by atoms with Gasteiger partial charge < -0.3 is 5.73 Å². The van der Waals surface area contributed by atoms with E-state index in [-0.39, 0.29) is 5.75 Å². The molecular weight excluding hydrogens is 328 g/mol. The Hall–Kier alpha value is -0.920. The molecule has 0 saturated heterocycles. The van der Waals surface area contributed by atoms with Gasteiger partial charge in [-0.05, 0) is 29.7 Å². The molecule has 4 nitrogen and oxygen atoms in total. The molecule has 114 valence electrons. The molecule has 0 saturated carbocycles. The molecule has 0 atom stereocenters. The minimum atomic E-state index is -3.34. The molecule has 0 aliphatic carbocycles. The zero-order valence-corrected chi connectivity index (χ0v) is 13.8. The Bertz CT molecular complexity index is 699. The molecule has 7 heteroatoms. The van der Waals surface area contributed by atoms with Crippen LogP contribution in [0.1, 0.15) is 16.0 Å². The molecule has 2 rings (SSSR count). The molecule has 0 aliphatic rings. The molecule has 21 heavy (non-hydrogen) atoms. The average Bonchev–Trinajstić information content (AvgIpc) is 2.84. The first-order valence-electron chi connectivity index (χ1n) is 6.48. The summed E-state index contributed by atoms with van der Waals surface area (Å²) in [5.41, 5.74) is 7.22. The van der Waals surface area contributed by atoms with E-state index in [0.29, 0.717) is 23.8 Å². The van der Waals surface area contributed by atoms with Gasteiger partial charge >= 0.3 is 0 Å². The fourth-order valence-electron chi connectivity index (χ4n) is 1.93. The smallest absolute Gasteiger partial charge is 0.215 e. The molecule has 3 N–H and O–H groups in total. The third kappa shape index (κ3) is 5.41. The third-order valence-corrected chi connectivity index (χ3v) is 5.55. The van der Waals surface area contributed by atoms with Crippen molar-refractivity contribution < 1.29 is 8.42 Å². The van der Waals surface area contributed by atoms with Crippen LogP contribution >= 0.6 is 22.9 Å². The van der Waals surface area contributed by atoms with E-state index in [0.717, 1.165) is 16.0 Å². The molecule has 0 amide bonds. The number of sulfonamides is 1. The first kappa shape index (κ1) is 16.5. The van der Waals surface area contributed by atoms with E-state index >= 15 is 0 Å². The van der Waals surface area contributed by atoms with Gasteiger partial charge in [-0.15, -0.1) is 11.3 Å². The van der Waals surface area contributed by atoms with Crippen LogP contribution in [0.25, 0.3) is 0 Å². The Morgan fingerprint density at radius 1 is 1.19 bits per heavy atom. The molecule has 0 fully saturated rings. The molecule has 2 aromatic rings. The molecule has 0 radical (unpaired) electrons. The Kier molecular flexibility index (Phi) is 5.78. The zero-order chi connectivity index (χ0) is 15.3. The maximum atomic E-state index is 12.0. The van der Waals surface area contributed by atoms with E-state index in [1.807, 2.05) is 30.3 Å². The fraction of sp³-hybridized carbons (Fsp3) is 0.286. The standard InChI is InChI=1S/C14H17ClN2O2S2/c15-14-5-4-13(20-14)6-7-17-21(18,19)10-12-3-1-2-11(8-12)9-16/h1-5,8,17H,6-7,9-10,16H2. The Morgan fingerprint density at radius 2 is 1.95 bits per heavy atom. The van der Waals surface area contributed by atoms with E-state index in [2.05, 4.69) is 4.72 Å². The van der Waals surface area contributed by atoms with Crippen molar-refractivity contribution in [3.8, 4) is 0 Å². The maximum absolute atomic E-state index is 12.0. The van der Waals surface area contributed by atoms with E-state index < -0.39 is 10.0 Å². The summed E-state index contributed by atoms with van der Waals surface area (Å²) in [5, 5.41) is 0. The number of thiophene rings is 1. The van der Waals surface area contributed by atoms with Gasteiger partial charge in [-0.2, -0.15) is 0 Å². The SMILES string of the molecule is NCc1cccc(CS(=O)(=O)NCCc2ccc(Cl)s2)c1. The van der Waals surface area contributed by atoms with Crippen LogP contribution in [-0.2, 0) is 28.7 Å². The van der Waals surface area contributed by atoms with Gasteiger partial charge in [0, 0.05) is 18.0 Å². The van der Waals surface area contributed by atoms with E-state index in [9.17, 15) is 8.42 Å². The normalized spacial score (nSPS) is 11.7. The van der Waals surface area contributed by atoms with Crippen LogP contribution in [-0.4, -0.2) is 15.0 Å². The van der Waals surface area contributed by atoms with E-state index in [1.54, 1.807) is 6.07 Å². The quantitative estimate of drug-likeness (QED) is 0.810. The number of hydrogen-bond acceptors (Lipinski definition) is 4. The molecule has 0 unspecified atom stereocenters. The van der Waals surface area contributed by atoms with Gasteiger partial charge in [-0.3, -0.25) is 0 Å². The van der Waals surface area contributed by atoms with Crippen LogP contribution < -0.4 is 10.5 Å². The van der Waals surface area contributed by atoms with Gasteiger partial charge in [0.25, 0.3) is 0 Å². The molecule has 1 aromatic carbocycles. The summed E-state index contributed by atoms with van der Waals surface area (Å²) in [7, 11) is -3.34. The summed E-state index contributed by atoms with van der Waals surface area (Å²) in [4.78, 5) is 1.06. The minimum absolute atomic E-state index is 0.0357. The highest BCUT2D eigenvalue weighted by molar-refractivity contribution is 7.88. The second kappa shape index (κ2) is 7.38. The number of nitrogens with one attached hydrogen (secondary N) is 1. The van der Waals surface area contributed by atoms with Crippen molar-refractivity contribution >= 4 is 33.0 Å². The van der Waals surface area contributed by atoms with E-state index in [4.69, 9.17) is 17.3 Å². The minimum Gasteiger partial charge on any atom is -0.326 e. The highest BCUT2D eigenvalue weighted by Gasteiger charge is 2.11. The monoisotopic (exact) mass is 344 g/mol. The van der Waals surface area contributed by atoms with Gasteiger partial charge in [0.1, 0.15) is 0 Å². The summed E-state index contributed by atoms with van der Waals surface area (Å²) in [5.74, 6) is -0.0357. The van der Waals surface area contributed by atoms with Gasteiger partial charge in [-0.25, -0.2) is 13.1 Å². The number of halogens is 1. The van der Waals surface area contributed by atoms with Crippen LogP contribution in [0.2, 0.25) is 4.34 Å². The summed E-state index contributed by atoms with van der Waals surface area (Å²) in [6, 6.07) is 11.0. The van der Waals surface area contributed by atoms with Gasteiger partial charge in [0.15, 0.2) is 0 Å². The van der Waals surface area contributed by atoms with Crippen molar-refractivity contribution in [2.45, 2.75) is 18.7 Å². The van der Waals surface area contributed by atoms with Gasteiger partial charge in [0.2, 0.25) is 10.0 Å². The highest BCUT2D eigenvalue weighted by Crippen LogP contribution is 2.21. The summed E-state index contributed by atoms with van der Waals surface area (Å²) >= 11 is 7.30. The summed E-state index contributed by atoms with van der Waals surface area (Å²) in [6.45, 7) is 0.774. The first-order chi connectivity index (χ1) is 9.98. The molecular formula is C14H17ClN2O2S2. The number of hydrogen-bond donors (Lipinski definition) is 2. The lowest BCUT2D eigenvalue weighted by atomic mass is 10.1. The van der Waals surface area contributed by atoms with Crippen molar-refractivity contribution in [1.82, 2.24) is 4.72 Å². The van der Waals surface area contributed by atoms with Crippen molar-refractivity contribution in [3.05, 3.63) is 56.7 Å². The Morgan fingerprint density at radius 3 is 2.62 bits per heavy atom. The van der Waals surface area contributed by atoms with Crippen LogP contribution in [0.4, 0.5) is 0 Å². The van der Waals surface area contributed by atoms with Crippen molar-refractivity contribution in [3.63, 3.8) is 0 Å².